The largest absolute Gasteiger partial charge is 0.494 e. The minimum Gasteiger partial charge on any atom is -0.494 e. The topological polar surface area (TPSA) is 60.8 Å². The first-order valence-electron chi connectivity index (χ1n) is 7.79. The summed E-state index contributed by atoms with van der Waals surface area (Å²) in [4.78, 5) is 16.8. The van der Waals surface area contributed by atoms with E-state index >= 15 is 0 Å². The van der Waals surface area contributed by atoms with E-state index in [4.69, 9.17) is 4.74 Å². The smallest absolute Gasteiger partial charge is 0.200 e. The number of hydrogen-bond acceptors (Lipinski definition) is 5. The second kappa shape index (κ2) is 6.16. The minimum absolute atomic E-state index is 0.0755. The van der Waals surface area contributed by atoms with E-state index in [1.54, 1.807) is 36.9 Å². The summed E-state index contributed by atoms with van der Waals surface area (Å²) in [7, 11) is 1.32. The van der Waals surface area contributed by atoms with E-state index in [0.29, 0.717) is 11.6 Å². The maximum absolute atomic E-state index is 13.7. The monoisotopic (exact) mass is 340 g/mol. The van der Waals surface area contributed by atoms with Crippen molar-refractivity contribution < 1.29 is 13.5 Å². The van der Waals surface area contributed by atoms with Crippen LogP contribution in [0.25, 0.3) is 11.6 Å². The Morgan fingerprint density at radius 2 is 1.56 bits per heavy atom. The van der Waals surface area contributed by atoms with Gasteiger partial charge in [-0.05, 0) is 47.6 Å². The van der Waals surface area contributed by atoms with Crippen molar-refractivity contribution in [2.24, 2.45) is 0 Å². The average Bonchev–Trinajstić information content (AvgIpc) is 3.45. The van der Waals surface area contributed by atoms with E-state index in [1.165, 1.54) is 13.2 Å². The van der Waals surface area contributed by atoms with E-state index in [2.05, 4.69) is 19.9 Å². The Morgan fingerprint density at radius 1 is 0.920 bits per heavy atom. The molecule has 7 heteroatoms. The van der Waals surface area contributed by atoms with Crippen LogP contribution < -0.4 is 4.74 Å². The molecule has 1 aliphatic rings. The van der Waals surface area contributed by atoms with Gasteiger partial charge in [-0.3, -0.25) is 0 Å². The molecule has 2 atom stereocenters. The van der Waals surface area contributed by atoms with E-state index in [-0.39, 0.29) is 17.6 Å². The molecule has 0 radical (unpaired) electrons. The number of hydrogen-bond donors (Lipinski definition) is 0. The van der Waals surface area contributed by atoms with Crippen LogP contribution in [0, 0.1) is 11.6 Å². The maximum atomic E-state index is 13.7. The summed E-state index contributed by atoms with van der Waals surface area (Å²) < 4.78 is 32.1. The van der Waals surface area contributed by atoms with Gasteiger partial charge in [0.15, 0.2) is 23.2 Å². The molecule has 0 aliphatic heterocycles. The third-order valence-corrected chi connectivity index (χ3v) is 4.32. The second-order valence-electron chi connectivity index (χ2n) is 5.88. The minimum atomic E-state index is -0.959. The van der Waals surface area contributed by atoms with E-state index < -0.39 is 11.6 Å². The number of benzene rings is 1. The number of nitrogens with zero attached hydrogens (tertiary/aromatic N) is 4. The standard InChI is InChI=1S/C18H14F2N4O/c1-25-15-6-10(5-14(19)16(15)20)12-7-13(12)11-8-23-18(24-9-11)17-21-3-2-4-22-17/h2-6,8-9,12-13H,7H2,1H3/t12-,13+/m1/s1. The molecule has 3 aromatic rings. The third-order valence-electron chi connectivity index (χ3n) is 4.32. The highest BCUT2D eigenvalue weighted by atomic mass is 19.2. The number of rotatable bonds is 4. The lowest BCUT2D eigenvalue weighted by molar-refractivity contribution is 0.371. The molecule has 0 bridgehead atoms. The zero-order chi connectivity index (χ0) is 17.4. The Balaban J connectivity index is 1.55. The molecule has 1 aromatic carbocycles. The van der Waals surface area contributed by atoms with Gasteiger partial charge in [-0.15, -0.1) is 0 Å². The molecule has 2 aromatic heterocycles. The predicted molar refractivity (Wildman–Crippen MR) is 86.1 cm³/mol. The maximum Gasteiger partial charge on any atom is 0.200 e. The van der Waals surface area contributed by atoms with Crippen molar-refractivity contribution in [3.05, 3.63) is 65.7 Å². The normalized spacial score (nSPS) is 18.8. The number of aromatic nitrogens is 4. The van der Waals surface area contributed by atoms with Gasteiger partial charge >= 0.3 is 0 Å². The van der Waals surface area contributed by atoms with Crippen LogP contribution >= 0.6 is 0 Å². The quantitative estimate of drug-likeness (QED) is 0.727. The molecule has 0 amide bonds. The fourth-order valence-electron chi connectivity index (χ4n) is 2.94. The van der Waals surface area contributed by atoms with Gasteiger partial charge in [-0.25, -0.2) is 24.3 Å². The number of ether oxygens (including phenoxy) is 1. The van der Waals surface area contributed by atoms with Gasteiger partial charge in [0.1, 0.15) is 0 Å². The van der Waals surface area contributed by atoms with Crippen LogP contribution in [0.2, 0.25) is 0 Å². The third kappa shape index (κ3) is 2.93. The summed E-state index contributed by atoms with van der Waals surface area (Å²) in [6.07, 6.45) is 7.57. The predicted octanol–water partition coefficient (Wildman–Crippen LogP) is 3.49. The van der Waals surface area contributed by atoms with E-state index in [1.807, 2.05) is 0 Å². The second-order valence-corrected chi connectivity index (χ2v) is 5.88. The molecule has 1 aliphatic carbocycles. The molecule has 1 saturated carbocycles. The van der Waals surface area contributed by atoms with Gasteiger partial charge in [0.2, 0.25) is 5.82 Å². The number of methoxy groups -OCH3 is 1. The molecule has 25 heavy (non-hydrogen) atoms. The molecule has 1 fully saturated rings. The summed E-state index contributed by atoms with van der Waals surface area (Å²) in [6.45, 7) is 0. The molecular formula is C18H14F2N4O. The van der Waals surface area contributed by atoms with Crippen LogP contribution in [0.5, 0.6) is 5.75 Å². The molecule has 5 nitrogen and oxygen atoms in total. The Kier molecular flexibility index (Phi) is 3.83. The van der Waals surface area contributed by atoms with Crippen molar-refractivity contribution in [2.45, 2.75) is 18.3 Å². The Labute approximate surface area is 142 Å². The summed E-state index contributed by atoms with van der Waals surface area (Å²) in [5.41, 5.74) is 1.67. The van der Waals surface area contributed by atoms with Crippen molar-refractivity contribution in [1.29, 1.82) is 0 Å². The fraction of sp³-hybridized carbons (Fsp3) is 0.222. The summed E-state index contributed by atoms with van der Waals surface area (Å²) in [5.74, 6) is -0.727. The average molecular weight is 340 g/mol. The van der Waals surface area contributed by atoms with E-state index in [0.717, 1.165) is 17.5 Å². The molecular weight excluding hydrogens is 326 g/mol. The van der Waals surface area contributed by atoms with Crippen molar-refractivity contribution in [2.75, 3.05) is 7.11 Å². The van der Waals surface area contributed by atoms with Gasteiger partial charge in [-0.2, -0.15) is 4.39 Å². The zero-order valence-electron chi connectivity index (χ0n) is 13.4. The van der Waals surface area contributed by atoms with Gasteiger partial charge < -0.3 is 4.74 Å². The SMILES string of the molecule is COc1cc([C@H]2C[C@H]2c2cnc(-c3ncccn3)nc2)cc(F)c1F. The van der Waals surface area contributed by atoms with Gasteiger partial charge in [0, 0.05) is 24.8 Å². The first-order valence-corrected chi connectivity index (χ1v) is 7.79. The van der Waals surface area contributed by atoms with Crippen molar-refractivity contribution >= 4 is 0 Å². The van der Waals surface area contributed by atoms with Crippen LogP contribution in [-0.4, -0.2) is 27.0 Å². The van der Waals surface area contributed by atoms with Crippen LogP contribution in [0.1, 0.15) is 29.4 Å². The molecule has 0 spiro atoms. The fourth-order valence-corrected chi connectivity index (χ4v) is 2.94. The van der Waals surface area contributed by atoms with Crippen LogP contribution in [-0.2, 0) is 0 Å². The van der Waals surface area contributed by atoms with Gasteiger partial charge in [0.25, 0.3) is 0 Å². The van der Waals surface area contributed by atoms with Crippen LogP contribution in [0.4, 0.5) is 8.78 Å². The lowest BCUT2D eigenvalue weighted by atomic mass is 10.1. The Hall–Kier alpha value is -2.96. The summed E-state index contributed by atoms with van der Waals surface area (Å²) in [5, 5.41) is 0. The van der Waals surface area contributed by atoms with Crippen LogP contribution in [0.3, 0.4) is 0 Å². The summed E-state index contributed by atoms with van der Waals surface area (Å²) >= 11 is 0. The first-order chi connectivity index (χ1) is 12.2. The van der Waals surface area contributed by atoms with Crippen molar-refractivity contribution in [3.8, 4) is 17.4 Å². The first kappa shape index (κ1) is 15.6. The number of halogens is 2. The molecule has 0 saturated heterocycles. The molecule has 4 rings (SSSR count). The Morgan fingerprint density at radius 3 is 2.24 bits per heavy atom. The van der Waals surface area contributed by atoms with Crippen molar-refractivity contribution in [1.82, 2.24) is 19.9 Å². The zero-order valence-corrected chi connectivity index (χ0v) is 13.4. The molecule has 2 heterocycles. The molecule has 0 unspecified atom stereocenters. The highest BCUT2D eigenvalue weighted by Gasteiger charge is 2.40. The molecule has 0 N–H and O–H groups in total. The summed E-state index contributed by atoms with van der Waals surface area (Å²) in [6, 6.07) is 4.51. The highest BCUT2D eigenvalue weighted by molar-refractivity contribution is 5.44. The van der Waals surface area contributed by atoms with Crippen molar-refractivity contribution in [3.63, 3.8) is 0 Å². The van der Waals surface area contributed by atoms with Crippen LogP contribution in [0.15, 0.2) is 43.0 Å². The van der Waals surface area contributed by atoms with Gasteiger partial charge in [-0.1, -0.05) is 0 Å². The molecule has 126 valence electrons. The lowest BCUT2D eigenvalue weighted by Crippen LogP contribution is -1.97. The van der Waals surface area contributed by atoms with Gasteiger partial charge in [0.05, 0.1) is 7.11 Å². The van der Waals surface area contributed by atoms with E-state index in [9.17, 15) is 8.78 Å². The lowest BCUT2D eigenvalue weighted by Gasteiger charge is -2.07. The highest BCUT2D eigenvalue weighted by Crippen LogP contribution is 2.55. The Bertz CT molecular complexity index is 903.